The fourth-order valence-electron chi connectivity index (χ4n) is 4.71. The third-order valence-electron chi connectivity index (χ3n) is 6.70. The SMILES string of the molecule is CC1(C)CC=C(c2cc(C3=C[C@@H]4C=C[C@H](C3)O4)ccc2NC(=O)C2=NC(C#N)CN2)CC1. The Morgan fingerprint density at radius 2 is 2.19 bits per heavy atom. The van der Waals surface area contributed by atoms with E-state index in [2.05, 4.69) is 72.0 Å². The topological polar surface area (TPSA) is 86.5 Å². The molecule has 0 radical (unpaired) electrons. The summed E-state index contributed by atoms with van der Waals surface area (Å²) in [7, 11) is 0. The van der Waals surface area contributed by atoms with Crippen LogP contribution in [0, 0.1) is 16.7 Å². The quantitative estimate of drug-likeness (QED) is 0.703. The van der Waals surface area contributed by atoms with Gasteiger partial charge in [0.2, 0.25) is 0 Å². The molecule has 6 nitrogen and oxygen atoms in total. The minimum Gasteiger partial charge on any atom is -0.362 e. The number of carbonyl (C=O) groups excluding carboxylic acids is 1. The summed E-state index contributed by atoms with van der Waals surface area (Å²) >= 11 is 0. The molecule has 5 rings (SSSR count). The van der Waals surface area contributed by atoms with Gasteiger partial charge in [0.25, 0.3) is 5.91 Å². The van der Waals surface area contributed by atoms with Gasteiger partial charge in [-0.05, 0) is 59.6 Å². The van der Waals surface area contributed by atoms with Crippen molar-refractivity contribution in [3.05, 3.63) is 53.6 Å². The first kappa shape index (κ1) is 20.7. The lowest BCUT2D eigenvalue weighted by Gasteiger charge is -2.30. The Labute approximate surface area is 188 Å². The summed E-state index contributed by atoms with van der Waals surface area (Å²) in [5, 5.41) is 15.0. The number of hydrogen-bond acceptors (Lipinski definition) is 5. The van der Waals surface area contributed by atoms with Crippen LogP contribution >= 0.6 is 0 Å². The molecule has 1 aliphatic carbocycles. The number of nitrogens with one attached hydrogen (secondary N) is 2. The van der Waals surface area contributed by atoms with E-state index >= 15 is 0 Å². The van der Waals surface area contributed by atoms with Crippen molar-refractivity contribution in [2.24, 2.45) is 10.4 Å². The molecule has 32 heavy (non-hydrogen) atoms. The summed E-state index contributed by atoms with van der Waals surface area (Å²) in [6, 6.07) is 7.84. The molecule has 0 aromatic heterocycles. The van der Waals surface area contributed by atoms with Crippen LogP contribution in [0.2, 0.25) is 0 Å². The Kier molecular flexibility index (Phi) is 5.22. The number of benzene rings is 1. The molecular formula is C26H28N4O2. The maximum atomic E-state index is 12.8. The van der Waals surface area contributed by atoms with Crippen molar-refractivity contribution >= 4 is 28.6 Å². The zero-order chi connectivity index (χ0) is 22.3. The van der Waals surface area contributed by atoms with Gasteiger partial charge in [-0.1, -0.05) is 38.1 Å². The highest BCUT2D eigenvalue weighted by Gasteiger charge is 2.28. The Morgan fingerprint density at radius 1 is 1.31 bits per heavy atom. The third kappa shape index (κ3) is 4.13. The van der Waals surface area contributed by atoms with Crippen LogP contribution in [0.25, 0.3) is 11.1 Å². The lowest BCUT2D eigenvalue weighted by molar-refractivity contribution is -0.110. The van der Waals surface area contributed by atoms with Crippen molar-refractivity contribution in [1.82, 2.24) is 5.32 Å². The lowest BCUT2D eigenvalue weighted by Crippen LogP contribution is -2.32. The predicted octanol–water partition coefficient (Wildman–Crippen LogP) is 4.22. The van der Waals surface area contributed by atoms with Gasteiger partial charge < -0.3 is 15.4 Å². The number of fused-ring (bicyclic) bond motifs is 2. The maximum absolute atomic E-state index is 12.8. The number of hydrogen-bond donors (Lipinski definition) is 2. The van der Waals surface area contributed by atoms with Gasteiger partial charge in [0.1, 0.15) is 0 Å². The molecule has 1 aromatic carbocycles. The number of allylic oxidation sites excluding steroid dienone is 2. The molecule has 1 unspecified atom stereocenters. The first-order chi connectivity index (χ1) is 15.4. The molecule has 2 N–H and O–H groups in total. The highest BCUT2D eigenvalue weighted by molar-refractivity contribution is 6.42. The number of nitriles is 1. The fourth-order valence-corrected chi connectivity index (χ4v) is 4.71. The van der Waals surface area contributed by atoms with Crippen molar-refractivity contribution in [3.8, 4) is 6.07 Å². The van der Waals surface area contributed by atoms with Crippen molar-refractivity contribution in [3.63, 3.8) is 0 Å². The van der Waals surface area contributed by atoms with Crippen LogP contribution in [-0.4, -0.2) is 36.5 Å². The molecule has 6 heteroatoms. The van der Waals surface area contributed by atoms with E-state index in [1.807, 2.05) is 6.07 Å². The molecule has 164 valence electrons. The molecule has 3 heterocycles. The molecule has 1 amide bonds. The summed E-state index contributed by atoms with van der Waals surface area (Å²) < 4.78 is 5.87. The predicted molar refractivity (Wildman–Crippen MR) is 126 cm³/mol. The second kappa shape index (κ2) is 8.07. The number of amides is 1. The van der Waals surface area contributed by atoms with Crippen LogP contribution in [-0.2, 0) is 9.53 Å². The van der Waals surface area contributed by atoms with Crippen LogP contribution < -0.4 is 10.6 Å². The summed E-state index contributed by atoms with van der Waals surface area (Å²) in [4.78, 5) is 17.0. The van der Waals surface area contributed by atoms with E-state index in [4.69, 9.17) is 10.00 Å². The summed E-state index contributed by atoms with van der Waals surface area (Å²) in [6.45, 7) is 4.97. The molecule has 0 fully saturated rings. The molecule has 1 aromatic rings. The van der Waals surface area contributed by atoms with E-state index in [0.29, 0.717) is 12.0 Å². The van der Waals surface area contributed by atoms with E-state index < -0.39 is 6.04 Å². The van der Waals surface area contributed by atoms with Crippen LogP contribution in [0.4, 0.5) is 5.69 Å². The molecule has 0 spiro atoms. The minimum absolute atomic E-state index is 0.0563. The van der Waals surface area contributed by atoms with Gasteiger partial charge in [-0.3, -0.25) is 4.79 Å². The second-order valence-electron chi connectivity index (χ2n) is 9.74. The fraction of sp³-hybridized carbons (Fsp3) is 0.423. The Hall–Kier alpha value is -3.17. The van der Waals surface area contributed by atoms with Gasteiger partial charge in [-0.25, -0.2) is 4.99 Å². The number of ether oxygens (including phenoxy) is 1. The highest BCUT2D eigenvalue weighted by Crippen LogP contribution is 2.41. The van der Waals surface area contributed by atoms with Crippen molar-refractivity contribution < 1.29 is 9.53 Å². The number of amidine groups is 1. The van der Waals surface area contributed by atoms with Crippen molar-refractivity contribution in [1.29, 1.82) is 5.26 Å². The molecule has 3 atom stereocenters. The molecule has 4 aliphatic rings. The average Bonchev–Trinajstić information content (AvgIpc) is 3.40. The van der Waals surface area contributed by atoms with Gasteiger partial charge in [0.05, 0.1) is 24.8 Å². The van der Waals surface area contributed by atoms with Crippen molar-refractivity contribution in [2.45, 2.75) is 57.8 Å². The molecule has 3 aliphatic heterocycles. The molecule has 0 saturated heterocycles. The molecule has 0 saturated carbocycles. The highest BCUT2D eigenvalue weighted by atomic mass is 16.5. The van der Waals surface area contributed by atoms with E-state index in [9.17, 15) is 4.79 Å². The summed E-state index contributed by atoms with van der Waals surface area (Å²) in [5.74, 6) is -0.0823. The molecule has 2 bridgehead atoms. The summed E-state index contributed by atoms with van der Waals surface area (Å²) in [6.07, 6.45) is 12.9. The number of aliphatic imine (C=N–C) groups is 1. The van der Waals surface area contributed by atoms with Crippen LogP contribution in [0.3, 0.4) is 0 Å². The third-order valence-corrected chi connectivity index (χ3v) is 6.70. The monoisotopic (exact) mass is 428 g/mol. The lowest BCUT2D eigenvalue weighted by atomic mass is 9.76. The van der Waals surface area contributed by atoms with Crippen LogP contribution in [0.15, 0.2) is 47.5 Å². The van der Waals surface area contributed by atoms with Crippen LogP contribution in [0.5, 0.6) is 0 Å². The van der Waals surface area contributed by atoms with Gasteiger partial charge in [0, 0.05) is 17.7 Å². The maximum Gasteiger partial charge on any atom is 0.290 e. The van der Waals surface area contributed by atoms with Gasteiger partial charge >= 0.3 is 0 Å². The smallest absolute Gasteiger partial charge is 0.290 e. The Morgan fingerprint density at radius 3 is 2.91 bits per heavy atom. The second-order valence-corrected chi connectivity index (χ2v) is 9.74. The van der Waals surface area contributed by atoms with E-state index in [1.54, 1.807) is 0 Å². The largest absolute Gasteiger partial charge is 0.362 e. The zero-order valence-electron chi connectivity index (χ0n) is 18.5. The number of anilines is 1. The Bertz CT molecular complexity index is 1120. The van der Waals surface area contributed by atoms with Gasteiger partial charge in [0.15, 0.2) is 11.9 Å². The van der Waals surface area contributed by atoms with E-state index in [1.165, 1.54) is 16.7 Å². The van der Waals surface area contributed by atoms with E-state index in [-0.39, 0.29) is 24.0 Å². The average molecular weight is 429 g/mol. The zero-order valence-corrected chi connectivity index (χ0v) is 18.5. The first-order valence-electron chi connectivity index (χ1n) is 11.3. The van der Waals surface area contributed by atoms with Gasteiger partial charge in [-0.15, -0.1) is 0 Å². The number of carbonyl (C=O) groups is 1. The normalized spacial score (nSPS) is 27.7. The Balaban J connectivity index is 1.47. The van der Waals surface area contributed by atoms with Gasteiger partial charge in [-0.2, -0.15) is 5.26 Å². The standard InChI is InChI=1S/C26H28N4O2/c1-26(2)9-7-16(8-10-26)22-13-17(18-11-20-4-5-21(12-18)32-20)3-6-23(22)30-25(31)24-28-15-19(14-27)29-24/h3-7,11,13,19-21H,8-10,12,15H2,1-2H3,(H,28,29)(H,30,31)/t19?,20-,21+/m0/s1. The number of rotatable bonds is 4. The first-order valence-corrected chi connectivity index (χ1v) is 11.3. The van der Waals surface area contributed by atoms with Crippen LogP contribution in [0.1, 0.15) is 50.7 Å². The molecular weight excluding hydrogens is 400 g/mol. The summed E-state index contributed by atoms with van der Waals surface area (Å²) in [5.41, 5.74) is 5.87. The van der Waals surface area contributed by atoms with Crippen molar-refractivity contribution in [2.75, 3.05) is 11.9 Å². The minimum atomic E-state index is -0.509. The van der Waals surface area contributed by atoms with E-state index in [0.717, 1.165) is 36.9 Å². The number of nitrogens with zero attached hydrogens (tertiary/aromatic N) is 2.